The molecule has 1 heteroatoms. The van der Waals surface area contributed by atoms with Crippen LogP contribution in [0.4, 0.5) is 0 Å². The zero-order valence-corrected chi connectivity index (χ0v) is 13.0. The van der Waals surface area contributed by atoms with E-state index in [1.807, 2.05) is 0 Å². The van der Waals surface area contributed by atoms with E-state index in [4.69, 9.17) is 0 Å². The summed E-state index contributed by atoms with van der Waals surface area (Å²) in [4.78, 5) is 12.3. The minimum atomic E-state index is 0.420. The predicted molar refractivity (Wildman–Crippen MR) is 81.1 cm³/mol. The molecule has 0 unspecified atom stereocenters. The molecule has 2 saturated carbocycles. The van der Waals surface area contributed by atoms with Gasteiger partial charge in [-0.2, -0.15) is 0 Å². The molecule has 2 rings (SSSR count). The Hall–Kier alpha value is -0.330. The smallest absolute Gasteiger partial charge is 0.136 e. The van der Waals surface area contributed by atoms with Gasteiger partial charge in [-0.3, -0.25) is 4.79 Å². The van der Waals surface area contributed by atoms with E-state index in [0.29, 0.717) is 11.7 Å². The largest absolute Gasteiger partial charge is 0.299 e. The van der Waals surface area contributed by atoms with Crippen molar-refractivity contribution in [2.24, 2.45) is 23.7 Å². The Bertz CT molecular complexity index is 275. The number of carbonyl (C=O) groups is 1. The van der Waals surface area contributed by atoms with Crippen molar-refractivity contribution in [1.29, 1.82) is 0 Å². The third kappa shape index (κ3) is 4.07. The summed E-state index contributed by atoms with van der Waals surface area (Å²) in [6.45, 7) is 4.55. The van der Waals surface area contributed by atoms with Crippen LogP contribution in [-0.4, -0.2) is 5.78 Å². The van der Waals surface area contributed by atoms with Crippen LogP contribution < -0.4 is 0 Å². The van der Waals surface area contributed by atoms with Crippen molar-refractivity contribution in [3.8, 4) is 0 Å². The molecule has 0 saturated heterocycles. The van der Waals surface area contributed by atoms with Crippen molar-refractivity contribution >= 4 is 5.78 Å². The third-order valence-electron chi connectivity index (χ3n) is 5.85. The second-order valence-corrected chi connectivity index (χ2v) is 7.04. The molecule has 0 aromatic rings. The molecule has 0 heterocycles. The lowest BCUT2D eigenvalue weighted by Crippen LogP contribution is -2.31. The zero-order valence-electron chi connectivity index (χ0n) is 13.0. The van der Waals surface area contributed by atoms with Crippen LogP contribution in [-0.2, 0) is 4.79 Å². The molecule has 1 nitrogen and oxygen atoms in total. The maximum absolute atomic E-state index is 12.3. The number of unbranched alkanes of at least 4 members (excludes halogenated alkanes) is 1. The van der Waals surface area contributed by atoms with Crippen LogP contribution >= 0.6 is 0 Å². The van der Waals surface area contributed by atoms with Crippen LogP contribution in [0.1, 0.15) is 84.5 Å². The van der Waals surface area contributed by atoms with Gasteiger partial charge in [0.05, 0.1) is 0 Å². The summed E-state index contributed by atoms with van der Waals surface area (Å²) in [6.07, 6.45) is 14.1. The molecule has 0 radical (unpaired) electrons. The highest BCUT2D eigenvalue weighted by atomic mass is 16.1. The molecule has 0 aromatic heterocycles. The van der Waals surface area contributed by atoms with E-state index in [1.54, 1.807) is 0 Å². The first-order chi connectivity index (χ1) is 9.24. The van der Waals surface area contributed by atoms with E-state index in [1.165, 1.54) is 57.8 Å². The van der Waals surface area contributed by atoms with Crippen LogP contribution in [0.2, 0.25) is 0 Å². The molecule has 0 spiro atoms. The lowest BCUT2D eigenvalue weighted by atomic mass is 9.68. The molecule has 0 N–H and O–H groups in total. The van der Waals surface area contributed by atoms with Gasteiger partial charge in [-0.15, -0.1) is 0 Å². The maximum Gasteiger partial charge on any atom is 0.136 e. The number of ketones is 1. The molecule has 0 aliphatic heterocycles. The second-order valence-electron chi connectivity index (χ2n) is 7.04. The number of Topliss-reactive ketones (excluding diaryl/α,β-unsaturated/α-hetero) is 1. The number of carbonyl (C=O) groups excluding carboxylic acids is 1. The van der Waals surface area contributed by atoms with Crippen molar-refractivity contribution in [2.45, 2.75) is 84.5 Å². The topological polar surface area (TPSA) is 17.1 Å². The molecule has 2 atom stereocenters. The van der Waals surface area contributed by atoms with Gasteiger partial charge in [0.1, 0.15) is 5.78 Å². The Labute approximate surface area is 119 Å². The third-order valence-corrected chi connectivity index (χ3v) is 5.85. The Kier molecular flexibility index (Phi) is 5.91. The SMILES string of the molecule is CCCC[C@@H]1CC[C@@H](C2CCC(CC)CC2)CC1=O. The molecule has 2 aliphatic rings. The van der Waals surface area contributed by atoms with Crippen molar-refractivity contribution in [3.05, 3.63) is 0 Å². The van der Waals surface area contributed by atoms with Gasteiger partial charge in [0, 0.05) is 12.3 Å². The van der Waals surface area contributed by atoms with Gasteiger partial charge in [-0.1, -0.05) is 46.0 Å². The molecule has 110 valence electrons. The summed E-state index contributed by atoms with van der Waals surface area (Å²) in [5.41, 5.74) is 0. The highest BCUT2D eigenvalue weighted by Crippen LogP contribution is 2.41. The van der Waals surface area contributed by atoms with E-state index < -0.39 is 0 Å². The summed E-state index contributed by atoms with van der Waals surface area (Å²) in [5, 5.41) is 0. The summed E-state index contributed by atoms with van der Waals surface area (Å²) >= 11 is 0. The van der Waals surface area contributed by atoms with Gasteiger partial charge in [-0.25, -0.2) is 0 Å². The maximum atomic E-state index is 12.3. The quantitative estimate of drug-likeness (QED) is 0.651. The molecule has 0 bridgehead atoms. The first-order valence-electron chi connectivity index (χ1n) is 8.77. The highest BCUT2D eigenvalue weighted by Gasteiger charge is 2.34. The van der Waals surface area contributed by atoms with Gasteiger partial charge in [0.15, 0.2) is 0 Å². The molecule has 0 aromatic carbocycles. The lowest BCUT2D eigenvalue weighted by molar-refractivity contribution is -0.127. The van der Waals surface area contributed by atoms with Crippen LogP contribution in [0.5, 0.6) is 0 Å². The minimum Gasteiger partial charge on any atom is -0.299 e. The Balaban J connectivity index is 1.77. The average Bonchev–Trinajstić information content (AvgIpc) is 2.46. The fourth-order valence-corrected chi connectivity index (χ4v) is 4.33. The zero-order chi connectivity index (χ0) is 13.7. The molecular weight excluding hydrogens is 232 g/mol. The van der Waals surface area contributed by atoms with E-state index in [2.05, 4.69) is 13.8 Å². The summed E-state index contributed by atoms with van der Waals surface area (Å²) in [6, 6.07) is 0. The summed E-state index contributed by atoms with van der Waals surface area (Å²) in [7, 11) is 0. The standard InChI is InChI=1S/C18H32O/c1-3-5-6-16-11-12-17(13-18(16)19)15-9-7-14(4-2)8-10-15/h14-17H,3-13H2,1-2H3/t14?,15?,16-,17-/m1/s1. The Morgan fingerprint density at radius 2 is 1.63 bits per heavy atom. The fourth-order valence-electron chi connectivity index (χ4n) is 4.33. The van der Waals surface area contributed by atoms with E-state index in [-0.39, 0.29) is 0 Å². The van der Waals surface area contributed by atoms with Gasteiger partial charge >= 0.3 is 0 Å². The molecular formula is C18H32O. The van der Waals surface area contributed by atoms with Crippen LogP contribution in [0.25, 0.3) is 0 Å². The first kappa shape index (κ1) is 15.1. The van der Waals surface area contributed by atoms with E-state index in [9.17, 15) is 4.79 Å². The predicted octanol–water partition coefficient (Wildman–Crippen LogP) is 5.38. The van der Waals surface area contributed by atoms with Crippen molar-refractivity contribution < 1.29 is 4.79 Å². The average molecular weight is 264 g/mol. The summed E-state index contributed by atoms with van der Waals surface area (Å²) in [5.74, 6) is 3.61. The molecule has 2 fully saturated rings. The van der Waals surface area contributed by atoms with Gasteiger partial charge < -0.3 is 0 Å². The molecule has 0 amide bonds. The molecule has 2 aliphatic carbocycles. The minimum absolute atomic E-state index is 0.420. The van der Waals surface area contributed by atoms with Crippen LogP contribution in [0, 0.1) is 23.7 Å². The Morgan fingerprint density at radius 3 is 2.21 bits per heavy atom. The molecule has 19 heavy (non-hydrogen) atoms. The normalized spacial score (nSPS) is 36.4. The van der Waals surface area contributed by atoms with E-state index in [0.717, 1.165) is 30.6 Å². The van der Waals surface area contributed by atoms with Crippen molar-refractivity contribution in [1.82, 2.24) is 0 Å². The monoisotopic (exact) mass is 264 g/mol. The highest BCUT2D eigenvalue weighted by molar-refractivity contribution is 5.81. The van der Waals surface area contributed by atoms with Gasteiger partial charge in [0.2, 0.25) is 0 Å². The first-order valence-corrected chi connectivity index (χ1v) is 8.77. The lowest BCUT2D eigenvalue weighted by Gasteiger charge is -2.37. The van der Waals surface area contributed by atoms with Crippen LogP contribution in [0.3, 0.4) is 0 Å². The summed E-state index contributed by atoms with van der Waals surface area (Å²) < 4.78 is 0. The second kappa shape index (κ2) is 7.45. The number of hydrogen-bond donors (Lipinski definition) is 0. The number of rotatable bonds is 5. The van der Waals surface area contributed by atoms with Crippen molar-refractivity contribution in [2.75, 3.05) is 0 Å². The van der Waals surface area contributed by atoms with Crippen molar-refractivity contribution in [3.63, 3.8) is 0 Å². The van der Waals surface area contributed by atoms with Gasteiger partial charge in [-0.05, 0) is 49.9 Å². The van der Waals surface area contributed by atoms with E-state index >= 15 is 0 Å². The van der Waals surface area contributed by atoms with Crippen LogP contribution in [0.15, 0.2) is 0 Å². The van der Waals surface area contributed by atoms with Gasteiger partial charge in [0.25, 0.3) is 0 Å². The Morgan fingerprint density at radius 1 is 0.947 bits per heavy atom. The fraction of sp³-hybridized carbons (Fsp3) is 0.944. The number of hydrogen-bond acceptors (Lipinski definition) is 1.